The molecule has 0 aliphatic rings. The van der Waals surface area contributed by atoms with Crippen LogP contribution in [-0.2, 0) is 22.4 Å². The number of benzene rings is 1. The van der Waals surface area contributed by atoms with Crippen LogP contribution in [0.15, 0.2) is 35.7 Å². The third kappa shape index (κ3) is 4.93. The monoisotopic (exact) mass is 345 g/mol. The highest BCUT2D eigenvalue weighted by atomic mass is 32.1. The van der Waals surface area contributed by atoms with Gasteiger partial charge in [0.25, 0.3) is 0 Å². The van der Waals surface area contributed by atoms with E-state index in [4.69, 9.17) is 4.74 Å². The Morgan fingerprint density at radius 1 is 1.21 bits per heavy atom. The number of ether oxygens (including phenoxy) is 1. The topological polar surface area (TPSA) is 55.4 Å². The maximum atomic E-state index is 12.3. The van der Waals surface area contributed by atoms with Gasteiger partial charge in [-0.3, -0.25) is 4.79 Å². The maximum absolute atomic E-state index is 12.3. The molecule has 0 atom stereocenters. The van der Waals surface area contributed by atoms with Gasteiger partial charge in [0, 0.05) is 0 Å². The van der Waals surface area contributed by atoms with Crippen molar-refractivity contribution in [3.05, 3.63) is 52.4 Å². The van der Waals surface area contributed by atoms with Crippen molar-refractivity contribution in [3.8, 4) is 0 Å². The first-order valence-corrected chi connectivity index (χ1v) is 9.00. The van der Waals surface area contributed by atoms with Crippen molar-refractivity contribution < 1.29 is 14.3 Å². The van der Waals surface area contributed by atoms with E-state index in [1.165, 1.54) is 11.3 Å². The second-order valence-electron chi connectivity index (χ2n) is 5.99. The number of nitrogens with one attached hydrogen (secondary N) is 1. The molecule has 2 aromatic rings. The van der Waals surface area contributed by atoms with Crippen molar-refractivity contribution in [2.45, 2.75) is 33.6 Å². The molecule has 2 rings (SSSR count). The van der Waals surface area contributed by atoms with Crippen LogP contribution in [0.4, 0.5) is 5.00 Å². The molecule has 4 nitrogen and oxygen atoms in total. The molecule has 1 N–H and O–H groups in total. The van der Waals surface area contributed by atoms with Crippen LogP contribution in [0.2, 0.25) is 0 Å². The third-order valence-corrected chi connectivity index (χ3v) is 4.38. The van der Waals surface area contributed by atoms with E-state index in [-0.39, 0.29) is 18.3 Å². The zero-order chi connectivity index (χ0) is 17.5. The van der Waals surface area contributed by atoms with E-state index in [0.717, 1.165) is 17.5 Å². The number of amides is 1. The summed E-state index contributed by atoms with van der Waals surface area (Å²) in [5, 5.41) is 5.38. The zero-order valence-electron chi connectivity index (χ0n) is 14.3. The normalized spacial score (nSPS) is 10.7. The number of rotatable bonds is 7. The number of esters is 1. The maximum Gasteiger partial charge on any atom is 0.341 e. The van der Waals surface area contributed by atoms with Crippen molar-refractivity contribution in [3.63, 3.8) is 0 Å². The lowest BCUT2D eigenvalue weighted by molar-refractivity contribution is -0.115. The summed E-state index contributed by atoms with van der Waals surface area (Å²) in [5.41, 5.74) is 2.37. The summed E-state index contributed by atoms with van der Waals surface area (Å²) in [6.07, 6.45) is 1.06. The van der Waals surface area contributed by atoms with Crippen LogP contribution in [-0.4, -0.2) is 18.5 Å². The molecule has 1 aromatic carbocycles. The fourth-order valence-electron chi connectivity index (χ4n) is 2.45. The van der Waals surface area contributed by atoms with E-state index in [9.17, 15) is 9.59 Å². The van der Waals surface area contributed by atoms with Gasteiger partial charge in [0.05, 0.1) is 18.6 Å². The minimum atomic E-state index is -0.371. The fraction of sp³-hybridized carbons (Fsp3) is 0.368. The van der Waals surface area contributed by atoms with Crippen molar-refractivity contribution in [1.82, 2.24) is 0 Å². The van der Waals surface area contributed by atoms with E-state index in [0.29, 0.717) is 23.1 Å². The molecule has 1 amide bonds. The predicted molar refractivity (Wildman–Crippen MR) is 97.6 cm³/mol. The van der Waals surface area contributed by atoms with Crippen molar-refractivity contribution >= 4 is 28.2 Å². The Morgan fingerprint density at radius 2 is 1.92 bits per heavy atom. The largest absolute Gasteiger partial charge is 0.462 e. The van der Waals surface area contributed by atoms with Crippen molar-refractivity contribution in [2.75, 3.05) is 11.9 Å². The molecule has 1 heterocycles. The summed E-state index contributed by atoms with van der Waals surface area (Å²) in [6.45, 7) is 6.29. The smallest absolute Gasteiger partial charge is 0.341 e. The summed E-state index contributed by atoms with van der Waals surface area (Å²) in [7, 11) is 0. The number of hydrogen-bond acceptors (Lipinski definition) is 4. The van der Waals surface area contributed by atoms with Gasteiger partial charge in [-0.2, -0.15) is 0 Å². The van der Waals surface area contributed by atoms with Crippen LogP contribution < -0.4 is 5.32 Å². The molecule has 0 aliphatic carbocycles. The lowest BCUT2D eigenvalue weighted by Crippen LogP contribution is -2.17. The van der Waals surface area contributed by atoms with Gasteiger partial charge >= 0.3 is 5.97 Å². The minimum Gasteiger partial charge on any atom is -0.462 e. The Balaban J connectivity index is 2.17. The first kappa shape index (κ1) is 18.2. The molecular formula is C19H23NO3S. The Morgan fingerprint density at radius 3 is 2.54 bits per heavy atom. The lowest BCUT2D eigenvalue weighted by atomic mass is 10.0. The van der Waals surface area contributed by atoms with E-state index in [2.05, 4.69) is 19.2 Å². The molecule has 0 saturated carbocycles. The third-order valence-electron chi connectivity index (χ3n) is 3.44. The molecule has 1 aromatic heterocycles. The Bertz CT molecular complexity index is 692. The molecular weight excluding hydrogens is 322 g/mol. The average Bonchev–Trinajstić information content (AvgIpc) is 2.90. The number of anilines is 1. The summed E-state index contributed by atoms with van der Waals surface area (Å²) >= 11 is 1.38. The van der Waals surface area contributed by atoms with Gasteiger partial charge < -0.3 is 10.1 Å². The molecule has 0 unspecified atom stereocenters. The van der Waals surface area contributed by atoms with Crippen LogP contribution in [0.3, 0.4) is 0 Å². The Hall–Kier alpha value is -2.14. The predicted octanol–water partition coefficient (Wildman–Crippen LogP) is 4.30. The van der Waals surface area contributed by atoms with Crippen LogP contribution >= 0.6 is 11.3 Å². The van der Waals surface area contributed by atoms with E-state index < -0.39 is 0 Å². The Kier molecular flexibility index (Phi) is 6.55. The Labute approximate surface area is 146 Å². The second-order valence-corrected chi connectivity index (χ2v) is 6.87. The van der Waals surface area contributed by atoms with Gasteiger partial charge in [-0.15, -0.1) is 11.3 Å². The van der Waals surface area contributed by atoms with Gasteiger partial charge in [-0.25, -0.2) is 4.79 Å². The van der Waals surface area contributed by atoms with Gasteiger partial charge in [0.2, 0.25) is 5.91 Å². The van der Waals surface area contributed by atoms with Crippen LogP contribution in [0.25, 0.3) is 0 Å². The van der Waals surface area contributed by atoms with E-state index in [1.807, 2.05) is 35.7 Å². The molecule has 0 spiro atoms. The molecule has 24 heavy (non-hydrogen) atoms. The number of carbonyl (C=O) groups excluding carboxylic acids is 2. The van der Waals surface area contributed by atoms with Gasteiger partial charge in [-0.1, -0.05) is 44.2 Å². The first-order valence-electron chi connectivity index (χ1n) is 8.12. The minimum absolute atomic E-state index is 0.135. The number of hydrogen-bond donors (Lipinski definition) is 1. The van der Waals surface area contributed by atoms with Crippen LogP contribution in [0.1, 0.15) is 42.3 Å². The highest BCUT2D eigenvalue weighted by Crippen LogP contribution is 2.31. The van der Waals surface area contributed by atoms with Crippen LogP contribution in [0.5, 0.6) is 0 Å². The fourth-order valence-corrected chi connectivity index (χ4v) is 3.43. The quantitative estimate of drug-likeness (QED) is 0.761. The molecule has 0 saturated heterocycles. The van der Waals surface area contributed by atoms with Crippen LogP contribution in [0, 0.1) is 5.92 Å². The highest BCUT2D eigenvalue weighted by molar-refractivity contribution is 7.15. The summed E-state index contributed by atoms with van der Waals surface area (Å²) < 4.78 is 5.17. The van der Waals surface area contributed by atoms with E-state index >= 15 is 0 Å². The average molecular weight is 345 g/mol. The van der Waals surface area contributed by atoms with Gasteiger partial charge in [0.15, 0.2) is 0 Å². The lowest BCUT2D eigenvalue weighted by Gasteiger charge is -2.10. The van der Waals surface area contributed by atoms with E-state index in [1.54, 1.807) is 6.92 Å². The van der Waals surface area contributed by atoms with Gasteiger partial charge in [0.1, 0.15) is 5.00 Å². The number of thiophene rings is 1. The summed E-state index contributed by atoms with van der Waals surface area (Å²) in [5.74, 6) is -0.0882. The molecule has 5 heteroatoms. The first-order chi connectivity index (χ1) is 11.5. The zero-order valence-corrected chi connectivity index (χ0v) is 15.1. The summed E-state index contributed by atoms with van der Waals surface area (Å²) in [4.78, 5) is 24.6. The molecule has 0 bridgehead atoms. The van der Waals surface area contributed by atoms with Gasteiger partial charge in [-0.05, 0) is 35.8 Å². The SMILES string of the molecule is CCOC(=O)c1c(CC(C)C)csc1NC(=O)Cc1ccccc1. The molecule has 128 valence electrons. The number of carbonyl (C=O) groups is 2. The highest BCUT2D eigenvalue weighted by Gasteiger charge is 2.22. The summed E-state index contributed by atoms with van der Waals surface area (Å²) in [6, 6.07) is 9.53. The van der Waals surface area contributed by atoms with Crippen molar-refractivity contribution in [2.24, 2.45) is 5.92 Å². The second kappa shape index (κ2) is 8.64. The molecule has 0 aliphatic heterocycles. The van der Waals surface area contributed by atoms with Crippen molar-refractivity contribution in [1.29, 1.82) is 0 Å². The molecule has 0 fully saturated rings. The molecule has 0 radical (unpaired) electrons. The standard InChI is InChI=1S/C19H23NO3S/c1-4-23-19(22)17-15(10-13(2)3)12-24-18(17)20-16(21)11-14-8-6-5-7-9-14/h5-9,12-13H,4,10-11H2,1-3H3,(H,20,21).